The van der Waals surface area contributed by atoms with Crippen LogP contribution in [-0.2, 0) is 29.1 Å². The summed E-state index contributed by atoms with van der Waals surface area (Å²) in [5, 5.41) is 2.04. The Morgan fingerprint density at radius 3 is 2.68 bits per heavy atom. The molecule has 0 aromatic heterocycles. The van der Waals surface area contributed by atoms with E-state index in [9.17, 15) is 22.8 Å². The number of rotatable bonds is 5. The molecule has 0 bridgehead atoms. The summed E-state index contributed by atoms with van der Waals surface area (Å²) in [6.45, 7) is 2.74. The first-order valence-corrected chi connectivity index (χ1v) is 7.37. The molecule has 1 unspecified atom stereocenters. The highest BCUT2D eigenvalue weighted by atomic mass is 32.2. The van der Waals surface area contributed by atoms with Gasteiger partial charge in [-0.15, -0.1) is 0 Å². The van der Waals surface area contributed by atoms with E-state index in [-0.39, 0.29) is 13.0 Å². The maximum absolute atomic E-state index is 12.0. The summed E-state index contributed by atoms with van der Waals surface area (Å²) >= 11 is 0. The van der Waals surface area contributed by atoms with Gasteiger partial charge in [0.2, 0.25) is 21.8 Å². The maximum atomic E-state index is 12.0. The molecule has 1 saturated heterocycles. The Balaban J connectivity index is 2.73. The molecule has 8 nitrogen and oxygen atoms in total. The molecule has 1 fully saturated rings. The van der Waals surface area contributed by atoms with Crippen molar-refractivity contribution in [3.05, 3.63) is 0 Å². The molecular weight excluding hydrogens is 276 g/mol. The molecule has 0 radical (unpaired) electrons. The van der Waals surface area contributed by atoms with Crippen LogP contribution in [0, 0.1) is 0 Å². The van der Waals surface area contributed by atoms with Gasteiger partial charge >= 0.3 is 5.97 Å². The second-order valence-electron chi connectivity index (χ2n) is 4.00. The third-order valence-corrected chi connectivity index (χ3v) is 4.48. The van der Waals surface area contributed by atoms with E-state index in [0.29, 0.717) is 0 Å². The molecule has 1 rings (SSSR count). The van der Waals surface area contributed by atoms with Crippen molar-refractivity contribution in [2.45, 2.75) is 26.3 Å². The van der Waals surface area contributed by atoms with E-state index in [0.717, 1.165) is 4.31 Å². The van der Waals surface area contributed by atoms with Crippen molar-refractivity contribution in [2.24, 2.45) is 0 Å². The van der Waals surface area contributed by atoms with Crippen molar-refractivity contribution in [1.29, 1.82) is 0 Å². The highest BCUT2D eigenvalue weighted by molar-refractivity contribution is 7.89. The first-order chi connectivity index (χ1) is 8.77. The van der Waals surface area contributed by atoms with Gasteiger partial charge in [-0.25, -0.2) is 8.42 Å². The number of carbonyl (C=O) groups is 3. The molecule has 108 valence electrons. The molecule has 0 saturated carbocycles. The molecule has 0 aliphatic carbocycles. The maximum Gasteiger partial charge on any atom is 0.306 e. The van der Waals surface area contributed by atoms with Crippen molar-refractivity contribution in [2.75, 3.05) is 18.9 Å². The number of nitrogens with one attached hydrogen (secondary N) is 1. The van der Waals surface area contributed by atoms with E-state index >= 15 is 0 Å². The van der Waals surface area contributed by atoms with E-state index in [1.54, 1.807) is 6.92 Å². The Kier molecular flexibility index (Phi) is 5.01. The summed E-state index contributed by atoms with van der Waals surface area (Å²) < 4.78 is 29.4. The molecule has 1 aliphatic rings. The number of hydrogen-bond acceptors (Lipinski definition) is 6. The number of esters is 1. The number of amides is 2. The van der Waals surface area contributed by atoms with Crippen molar-refractivity contribution < 1.29 is 27.5 Å². The zero-order chi connectivity index (χ0) is 14.6. The zero-order valence-electron chi connectivity index (χ0n) is 10.7. The highest BCUT2D eigenvalue weighted by Crippen LogP contribution is 2.12. The molecule has 2 amide bonds. The van der Waals surface area contributed by atoms with Crippen molar-refractivity contribution in [3.8, 4) is 0 Å². The van der Waals surface area contributed by atoms with Gasteiger partial charge in [0.05, 0.1) is 25.3 Å². The SMILES string of the molecule is CCOC(=O)CCS(=O)(=O)N1CC(=O)NC(=O)C1C. The molecule has 0 aromatic carbocycles. The normalized spacial score (nSPS) is 21.1. The van der Waals surface area contributed by atoms with Gasteiger partial charge in [-0.2, -0.15) is 4.31 Å². The van der Waals surface area contributed by atoms with E-state index in [1.165, 1.54) is 6.92 Å². The first kappa shape index (κ1) is 15.6. The van der Waals surface area contributed by atoms with E-state index in [1.807, 2.05) is 5.32 Å². The van der Waals surface area contributed by atoms with Gasteiger partial charge in [0.25, 0.3) is 0 Å². The minimum Gasteiger partial charge on any atom is -0.466 e. The van der Waals surface area contributed by atoms with Gasteiger partial charge < -0.3 is 4.74 Å². The molecule has 1 atom stereocenters. The highest BCUT2D eigenvalue weighted by Gasteiger charge is 2.38. The lowest BCUT2D eigenvalue weighted by Crippen LogP contribution is -2.58. The smallest absolute Gasteiger partial charge is 0.306 e. The second-order valence-corrected chi connectivity index (χ2v) is 6.05. The number of hydrogen-bond donors (Lipinski definition) is 1. The molecule has 1 N–H and O–H groups in total. The lowest BCUT2D eigenvalue weighted by molar-refractivity contribution is -0.142. The van der Waals surface area contributed by atoms with Crippen LogP contribution in [0.5, 0.6) is 0 Å². The Labute approximate surface area is 111 Å². The topological polar surface area (TPSA) is 110 Å². The lowest BCUT2D eigenvalue weighted by atomic mass is 10.2. The molecule has 0 aromatic rings. The fourth-order valence-corrected chi connectivity index (χ4v) is 3.14. The van der Waals surface area contributed by atoms with Gasteiger partial charge in [0, 0.05) is 0 Å². The van der Waals surface area contributed by atoms with Crippen LogP contribution < -0.4 is 5.32 Å². The van der Waals surface area contributed by atoms with Crippen LogP contribution in [0.2, 0.25) is 0 Å². The molecular formula is C10H16N2O6S. The van der Waals surface area contributed by atoms with Crippen molar-refractivity contribution in [1.82, 2.24) is 9.62 Å². The number of carbonyl (C=O) groups excluding carboxylic acids is 3. The zero-order valence-corrected chi connectivity index (χ0v) is 11.5. The van der Waals surface area contributed by atoms with E-state index < -0.39 is 46.1 Å². The monoisotopic (exact) mass is 292 g/mol. The summed E-state index contributed by atoms with van der Waals surface area (Å²) in [7, 11) is -3.86. The van der Waals surface area contributed by atoms with Crippen LogP contribution in [0.25, 0.3) is 0 Å². The first-order valence-electron chi connectivity index (χ1n) is 5.76. The van der Waals surface area contributed by atoms with Gasteiger partial charge in [0.1, 0.15) is 6.04 Å². The Morgan fingerprint density at radius 2 is 2.11 bits per heavy atom. The minimum absolute atomic E-state index is 0.167. The van der Waals surface area contributed by atoms with Crippen molar-refractivity contribution in [3.63, 3.8) is 0 Å². The van der Waals surface area contributed by atoms with Crippen LogP contribution >= 0.6 is 0 Å². The summed E-state index contributed by atoms with van der Waals surface area (Å²) in [5.74, 6) is -2.47. The fraction of sp³-hybridized carbons (Fsp3) is 0.700. The predicted molar refractivity (Wildman–Crippen MR) is 64.4 cm³/mol. The summed E-state index contributed by atoms with van der Waals surface area (Å²) in [6.07, 6.45) is -0.310. The number of nitrogens with zero attached hydrogens (tertiary/aromatic N) is 1. The van der Waals surface area contributed by atoms with Gasteiger partial charge in [0.15, 0.2) is 0 Å². The van der Waals surface area contributed by atoms with E-state index in [4.69, 9.17) is 0 Å². The second kappa shape index (κ2) is 6.11. The Hall–Kier alpha value is -1.48. The molecule has 0 spiro atoms. The van der Waals surface area contributed by atoms with E-state index in [2.05, 4.69) is 4.74 Å². The van der Waals surface area contributed by atoms with Crippen LogP contribution in [0.3, 0.4) is 0 Å². The van der Waals surface area contributed by atoms with Crippen LogP contribution in [0.4, 0.5) is 0 Å². The van der Waals surface area contributed by atoms with Crippen LogP contribution in [0.15, 0.2) is 0 Å². The number of sulfonamides is 1. The number of ether oxygens (including phenoxy) is 1. The molecule has 1 heterocycles. The lowest BCUT2D eigenvalue weighted by Gasteiger charge is -2.30. The number of imide groups is 1. The molecule has 9 heteroatoms. The van der Waals surface area contributed by atoms with Gasteiger partial charge in [-0.05, 0) is 13.8 Å². The Morgan fingerprint density at radius 1 is 1.47 bits per heavy atom. The van der Waals surface area contributed by atoms with Crippen LogP contribution in [-0.4, -0.2) is 55.5 Å². The standard InChI is InChI=1S/C10H16N2O6S/c1-3-18-9(14)4-5-19(16,17)12-6-8(13)11-10(15)7(12)2/h7H,3-6H2,1-2H3,(H,11,13,15). The summed E-state index contributed by atoms with van der Waals surface area (Å²) in [6, 6.07) is -0.968. The minimum atomic E-state index is -3.86. The molecule has 1 aliphatic heterocycles. The average Bonchev–Trinajstić information content (AvgIpc) is 2.31. The quantitative estimate of drug-likeness (QED) is 0.494. The predicted octanol–water partition coefficient (Wildman–Crippen LogP) is -1.38. The third kappa shape index (κ3) is 4.00. The number of piperazine rings is 1. The van der Waals surface area contributed by atoms with Gasteiger partial charge in [-0.1, -0.05) is 0 Å². The van der Waals surface area contributed by atoms with Crippen molar-refractivity contribution >= 4 is 27.8 Å². The Bertz CT molecular complexity index is 486. The summed E-state index contributed by atoms with van der Waals surface area (Å²) in [4.78, 5) is 33.7. The largest absolute Gasteiger partial charge is 0.466 e. The molecule has 19 heavy (non-hydrogen) atoms. The average molecular weight is 292 g/mol. The third-order valence-electron chi connectivity index (χ3n) is 2.60. The van der Waals surface area contributed by atoms with Crippen LogP contribution in [0.1, 0.15) is 20.3 Å². The fourth-order valence-electron chi connectivity index (χ4n) is 1.59. The summed E-state index contributed by atoms with van der Waals surface area (Å²) in [5.41, 5.74) is 0. The van der Waals surface area contributed by atoms with Gasteiger partial charge in [-0.3, -0.25) is 19.7 Å².